The Kier molecular flexibility index (Phi) is 7.25. The van der Waals surface area contributed by atoms with Crippen molar-refractivity contribution in [3.05, 3.63) is 64.2 Å². The summed E-state index contributed by atoms with van der Waals surface area (Å²) < 4.78 is 21.2. The maximum atomic E-state index is 12.3. The lowest BCUT2D eigenvalue weighted by Crippen LogP contribution is -2.56. The fraction of sp³-hybridized carbons (Fsp3) is 0.286. The lowest BCUT2D eigenvalue weighted by Gasteiger charge is -2.37. The quantitative estimate of drug-likeness (QED) is 0.245. The van der Waals surface area contributed by atoms with Gasteiger partial charge in [-0.25, -0.2) is 4.79 Å². The third kappa shape index (κ3) is 5.52. The molecule has 3 N–H and O–H groups in total. The second kappa shape index (κ2) is 10.1. The van der Waals surface area contributed by atoms with Crippen molar-refractivity contribution < 1.29 is 44.0 Å². The summed E-state index contributed by atoms with van der Waals surface area (Å²) >= 11 is 0. The molecule has 0 radical (unpaired) electrons. The maximum absolute atomic E-state index is 12.3. The highest BCUT2D eigenvalue weighted by molar-refractivity contribution is 5.87. The molecule has 2 aromatic carbocycles. The lowest BCUT2D eigenvalue weighted by molar-refractivity contribution is -0.384. The number of ether oxygens (including phenoxy) is 4. The van der Waals surface area contributed by atoms with Crippen molar-refractivity contribution in [3.8, 4) is 17.2 Å². The zero-order valence-electron chi connectivity index (χ0n) is 16.9. The molecule has 11 heteroatoms. The van der Waals surface area contributed by atoms with Crippen molar-refractivity contribution in [2.24, 2.45) is 0 Å². The first-order chi connectivity index (χ1) is 15.3. The van der Waals surface area contributed by atoms with Crippen LogP contribution in [0.2, 0.25) is 0 Å². The number of carbonyl (C=O) groups is 1. The number of carbonyl (C=O) groups excluding carboxylic acids is 1. The average molecular weight is 447 g/mol. The highest BCUT2D eigenvalue weighted by Crippen LogP contribution is 2.27. The summed E-state index contributed by atoms with van der Waals surface area (Å²) in [5, 5.41) is 40.6. The average Bonchev–Trinajstić information content (AvgIpc) is 2.78. The summed E-state index contributed by atoms with van der Waals surface area (Å²) in [4.78, 5) is 22.5. The Morgan fingerprint density at radius 2 is 1.94 bits per heavy atom. The van der Waals surface area contributed by atoms with Gasteiger partial charge < -0.3 is 34.3 Å². The third-order valence-electron chi connectivity index (χ3n) is 4.60. The number of rotatable bonds is 7. The number of hydrogen-bond acceptors (Lipinski definition) is 10. The molecule has 1 heterocycles. The summed E-state index contributed by atoms with van der Waals surface area (Å²) in [6.45, 7) is -0.268. The van der Waals surface area contributed by atoms with E-state index in [1.54, 1.807) is 6.07 Å². The normalized spacial score (nSPS) is 23.0. The van der Waals surface area contributed by atoms with E-state index in [9.17, 15) is 30.2 Å². The second-order valence-electron chi connectivity index (χ2n) is 6.79. The van der Waals surface area contributed by atoms with Gasteiger partial charge in [-0.1, -0.05) is 6.07 Å². The molecule has 1 aliphatic heterocycles. The van der Waals surface area contributed by atoms with Gasteiger partial charge in [0.2, 0.25) is 6.29 Å². The number of non-ortho nitro benzene ring substituents is 1. The number of esters is 1. The monoisotopic (exact) mass is 447 g/mol. The number of nitro benzene ring substituents is 1. The van der Waals surface area contributed by atoms with Crippen molar-refractivity contribution in [1.29, 1.82) is 0 Å². The molecule has 0 aliphatic carbocycles. The van der Waals surface area contributed by atoms with Crippen LogP contribution in [-0.2, 0) is 14.3 Å². The molecule has 11 nitrogen and oxygen atoms in total. The van der Waals surface area contributed by atoms with E-state index in [1.807, 2.05) is 0 Å². The molecule has 4 atom stereocenters. The van der Waals surface area contributed by atoms with Gasteiger partial charge in [-0.3, -0.25) is 10.1 Å². The molecule has 0 amide bonds. The smallest absolute Gasteiger partial charge is 0.331 e. The molecule has 3 rings (SSSR count). The van der Waals surface area contributed by atoms with Gasteiger partial charge in [0.05, 0.1) is 18.6 Å². The second-order valence-corrected chi connectivity index (χ2v) is 6.79. The fourth-order valence-corrected chi connectivity index (χ4v) is 2.91. The number of phenolic OH excluding ortho intramolecular Hbond substituents is 1. The molecule has 0 spiro atoms. The number of aromatic hydroxyl groups is 1. The van der Waals surface area contributed by atoms with E-state index < -0.39 is 35.5 Å². The Balaban J connectivity index is 1.70. The zero-order valence-corrected chi connectivity index (χ0v) is 16.9. The first-order valence-corrected chi connectivity index (χ1v) is 9.43. The van der Waals surface area contributed by atoms with Crippen LogP contribution in [0.4, 0.5) is 5.69 Å². The van der Waals surface area contributed by atoms with Crippen LogP contribution in [0.3, 0.4) is 0 Å². The van der Waals surface area contributed by atoms with Gasteiger partial charge in [-0.2, -0.15) is 0 Å². The van der Waals surface area contributed by atoms with Gasteiger partial charge in [0, 0.05) is 18.2 Å². The van der Waals surface area contributed by atoms with Gasteiger partial charge in [0.1, 0.15) is 18.0 Å². The largest absolute Gasteiger partial charge is 0.504 e. The Bertz CT molecular complexity index is 991. The number of nitrogens with zero attached hydrogens (tertiary/aromatic N) is 1. The fourth-order valence-electron chi connectivity index (χ4n) is 2.91. The van der Waals surface area contributed by atoms with E-state index in [4.69, 9.17) is 18.9 Å². The summed E-state index contributed by atoms with van der Waals surface area (Å²) in [6, 6.07) is 9.55. The van der Waals surface area contributed by atoms with Crippen LogP contribution in [0.5, 0.6) is 17.2 Å². The Morgan fingerprint density at radius 1 is 1.22 bits per heavy atom. The van der Waals surface area contributed by atoms with Crippen molar-refractivity contribution in [2.75, 3.05) is 13.7 Å². The van der Waals surface area contributed by atoms with Gasteiger partial charge >= 0.3 is 5.97 Å². The van der Waals surface area contributed by atoms with E-state index >= 15 is 0 Å². The van der Waals surface area contributed by atoms with E-state index in [1.165, 1.54) is 49.6 Å². The van der Waals surface area contributed by atoms with E-state index in [0.29, 0.717) is 5.56 Å². The number of phenols is 1. The highest BCUT2D eigenvalue weighted by Gasteiger charge is 2.43. The molecule has 1 saturated heterocycles. The summed E-state index contributed by atoms with van der Waals surface area (Å²) in [5.74, 6) is -0.515. The van der Waals surface area contributed by atoms with Crippen LogP contribution in [-0.4, -0.2) is 64.5 Å². The number of aliphatic hydroxyl groups excluding tert-OH is 2. The topological polar surface area (TPSA) is 158 Å². The Morgan fingerprint density at radius 3 is 2.59 bits per heavy atom. The minimum absolute atomic E-state index is 0.0603. The molecule has 170 valence electrons. The molecule has 0 unspecified atom stereocenters. The summed E-state index contributed by atoms with van der Waals surface area (Å²) in [7, 11) is 1.39. The molecular formula is C21H21NO10. The first-order valence-electron chi connectivity index (χ1n) is 9.43. The van der Waals surface area contributed by atoms with Gasteiger partial charge in [0.15, 0.2) is 17.6 Å². The number of aliphatic hydroxyl groups is 2. The van der Waals surface area contributed by atoms with Crippen molar-refractivity contribution in [2.45, 2.75) is 24.6 Å². The SMILES string of the molecule is COc1cc(/C=C/C(=O)O[C@H]2[C@H](Oc3ccc([N+](=O)[O-])cc3)OC[C@@H](O)[C@@H]2O)ccc1O. The minimum atomic E-state index is -1.49. The number of methoxy groups -OCH3 is 1. The predicted molar refractivity (Wildman–Crippen MR) is 109 cm³/mol. The number of hydrogen-bond donors (Lipinski definition) is 3. The molecule has 32 heavy (non-hydrogen) atoms. The standard InChI is InChI=1S/C21H21NO10/c1-29-17-10-12(2-8-15(17)23)3-9-18(25)32-20-19(26)16(24)11-30-21(20)31-14-6-4-13(5-7-14)22(27)28/h2-10,16,19-21,23-24,26H,11H2,1H3/b9-3+/t16-,19+,20-,21+/m1/s1. The molecule has 0 bridgehead atoms. The number of nitro groups is 1. The Hall–Kier alpha value is -3.67. The van der Waals surface area contributed by atoms with Crippen LogP contribution < -0.4 is 9.47 Å². The molecule has 2 aromatic rings. The minimum Gasteiger partial charge on any atom is -0.504 e. The van der Waals surface area contributed by atoms with Gasteiger partial charge in [0.25, 0.3) is 5.69 Å². The van der Waals surface area contributed by atoms with Crippen LogP contribution in [0.25, 0.3) is 6.08 Å². The first kappa shape index (κ1) is 23.0. The highest BCUT2D eigenvalue weighted by atomic mass is 16.7. The maximum Gasteiger partial charge on any atom is 0.331 e. The third-order valence-corrected chi connectivity index (χ3v) is 4.60. The van der Waals surface area contributed by atoms with Crippen LogP contribution in [0.15, 0.2) is 48.5 Å². The van der Waals surface area contributed by atoms with Crippen LogP contribution in [0, 0.1) is 10.1 Å². The molecule has 0 aromatic heterocycles. The molecular weight excluding hydrogens is 426 g/mol. The van der Waals surface area contributed by atoms with E-state index in [-0.39, 0.29) is 29.5 Å². The summed E-state index contributed by atoms with van der Waals surface area (Å²) in [5.41, 5.74) is 0.395. The van der Waals surface area contributed by atoms with Gasteiger partial charge in [-0.15, -0.1) is 0 Å². The lowest BCUT2D eigenvalue weighted by atomic mass is 10.1. The van der Waals surface area contributed by atoms with Crippen LogP contribution >= 0.6 is 0 Å². The Labute approximate surface area is 182 Å². The van der Waals surface area contributed by atoms with Crippen molar-refractivity contribution in [1.82, 2.24) is 0 Å². The number of benzene rings is 2. The molecule has 0 saturated carbocycles. The van der Waals surface area contributed by atoms with Crippen molar-refractivity contribution >= 4 is 17.7 Å². The van der Waals surface area contributed by atoms with Gasteiger partial charge in [-0.05, 0) is 35.9 Å². The van der Waals surface area contributed by atoms with E-state index in [0.717, 1.165) is 6.08 Å². The van der Waals surface area contributed by atoms with Crippen molar-refractivity contribution in [3.63, 3.8) is 0 Å². The predicted octanol–water partition coefficient (Wildman–Crippen LogP) is 1.39. The zero-order chi connectivity index (χ0) is 23.3. The van der Waals surface area contributed by atoms with E-state index in [2.05, 4.69) is 0 Å². The molecule has 1 fully saturated rings. The summed E-state index contributed by atoms with van der Waals surface area (Å²) in [6.07, 6.45) is -2.94. The molecule has 1 aliphatic rings. The van der Waals surface area contributed by atoms with Crippen LogP contribution in [0.1, 0.15) is 5.56 Å².